The third-order valence-corrected chi connectivity index (χ3v) is 5.57. The molecule has 0 amide bonds. The molecule has 1 aliphatic heterocycles. The smallest absolute Gasteiger partial charge is 0.157 e. The lowest BCUT2D eigenvalue weighted by Crippen LogP contribution is -2.27. The highest BCUT2D eigenvalue weighted by Gasteiger charge is 2.18. The van der Waals surface area contributed by atoms with Gasteiger partial charge in [0.05, 0.1) is 19.3 Å². The molecule has 2 atom stereocenters. The summed E-state index contributed by atoms with van der Waals surface area (Å²) in [6.45, 7) is 4.52. The summed E-state index contributed by atoms with van der Waals surface area (Å²) < 4.78 is 17.4. The van der Waals surface area contributed by atoms with E-state index in [0.717, 1.165) is 38.9 Å². The largest absolute Gasteiger partial charge is 0.394 e. The molecule has 0 aliphatic carbocycles. The van der Waals surface area contributed by atoms with E-state index >= 15 is 0 Å². The number of aliphatic hydroxyl groups excluding tert-OH is 1. The number of hydrogen-bond acceptors (Lipinski definition) is 4. The third kappa shape index (κ3) is 17.0. The van der Waals surface area contributed by atoms with Crippen molar-refractivity contribution in [1.29, 1.82) is 0 Å². The fourth-order valence-electron chi connectivity index (χ4n) is 3.78. The van der Waals surface area contributed by atoms with Crippen LogP contribution in [0.1, 0.15) is 110 Å². The van der Waals surface area contributed by atoms with Crippen LogP contribution in [0, 0.1) is 0 Å². The number of unbranched alkanes of at least 4 members (excludes halogenated alkanes) is 9. The minimum absolute atomic E-state index is 0.0300. The Morgan fingerprint density at radius 2 is 1.72 bits per heavy atom. The molecule has 172 valence electrons. The molecule has 1 unspecified atom stereocenters. The molecule has 0 aromatic carbocycles. The maximum atomic E-state index is 8.65. The first-order valence-electron chi connectivity index (χ1n) is 12.5. The lowest BCUT2D eigenvalue weighted by atomic mass is 10.1. The van der Waals surface area contributed by atoms with E-state index in [-0.39, 0.29) is 12.9 Å². The van der Waals surface area contributed by atoms with Gasteiger partial charge < -0.3 is 19.3 Å². The lowest BCUT2D eigenvalue weighted by Gasteiger charge is -2.27. The summed E-state index contributed by atoms with van der Waals surface area (Å²) >= 11 is 0. The van der Waals surface area contributed by atoms with Crippen molar-refractivity contribution >= 4 is 0 Å². The van der Waals surface area contributed by atoms with Crippen LogP contribution in [0.15, 0.2) is 12.2 Å². The van der Waals surface area contributed by atoms with E-state index < -0.39 is 0 Å². The summed E-state index contributed by atoms with van der Waals surface area (Å²) in [7, 11) is 0. The van der Waals surface area contributed by atoms with Crippen LogP contribution in [-0.2, 0) is 14.2 Å². The van der Waals surface area contributed by atoms with Crippen LogP contribution in [-0.4, -0.2) is 43.9 Å². The van der Waals surface area contributed by atoms with Crippen LogP contribution in [0.3, 0.4) is 0 Å². The van der Waals surface area contributed by atoms with Gasteiger partial charge in [0.25, 0.3) is 0 Å². The molecule has 1 heterocycles. The maximum absolute atomic E-state index is 8.65. The zero-order valence-corrected chi connectivity index (χ0v) is 19.1. The Hall–Kier alpha value is -0.420. The number of hydrogen-bond donors (Lipinski definition) is 1. The van der Waals surface area contributed by atoms with Gasteiger partial charge in [-0.15, -0.1) is 0 Å². The van der Waals surface area contributed by atoms with Gasteiger partial charge in [0.1, 0.15) is 0 Å². The zero-order chi connectivity index (χ0) is 20.8. The van der Waals surface area contributed by atoms with E-state index in [0.29, 0.717) is 12.7 Å². The van der Waals surface area contributed by atoms with Crippen LogP contribution in [0.4, 0.5) is 0 Å². The summed E-state index contributed by atoms with van der Waals surface area (Å²) in [6, 6.07) is 0. The van der Waals surface area contributed by atoms with E-state index in [1.807, 2.05) is 0 Å². The van der Waals surface area contributed by atoms with Gasteiger partial charge in [0, 0.05) is 13.2 Å². The van der Waals surface area contributed by atoms with Crippen LogP contribution in [0.2, 0.25) is 0 Å². The SMILES string of the molecule is CCCCCC[C@H](C/C=C\CCCCCCCCOCCO)OC1CCCCO1. The van der Waals surface area contributed by atoms with E-state index in [2.05, 4.69) is 19.1 Å². The molecule has 1 N–H and O–H groups in total. The summed E-state index contributed by atoms with van der Waals surface area (Å²) in [5.41, 5.74) is 0. The maximum Gasteiger partial charge on any atom is 0.157 e. The molecule has 0 saturated carbocycles. The van der Waals surface area contributed by atoms with Crippen LogP contribution in [0.25, 0.3) is 0 Å². The monoisotopic (exact) mass is 412 g/mol. The molecule has 0 bridgehead atoms. The quantitative estimate of drug-likeness (QED) is 0.182. The van der Waals surface area contributed by atoms with Crippen LogP contribution in [0.5, 0.6) is 0 Å². The summed E-state index contributed by atoms with van der Waals surface area (Å²) in [5.74, 6) is 0. The van der Waals surface area contributed by atoms with Crippen molar-refractivity contribution in [2.45, 2.75) is 122 Å². The minimum atomic E-state index is 0.0300. The molecular formula is C25H48O4. The third-order valence-electron chi connectivity index (χ3n) is 5.57. The summed E-state index contributed by atoms with van der Waals surface area (Å²) in [4.78, 5) is 0. The topological polar surface area (TPSA) is 47.9 Å². The molecular weight excluding hydrogens is 364 g/mol. The molecule has 1 fully saturated rings. The molecule has 1 saturated heterocycles. The Morgan fingerprint density at radius 1 is 0.931 bits per heavy atom. The van der Waals surface area contributed by atoms with Crippen LogP contribution < -0.4 is 0 Å². The molecule has 4 nitrogen and oxygen atoms in total. The second-order valence-corrected chi connectivity index (χ2v) is 8.36. The van der Waals surface area contributed by atoms with Gasteiger partial charge >= 0.3 is 0 Å². The van der Waals surface area contributed by atoms with E-state index in [4.69, 9.17) is 19.3 Å². The molecule has 0 radical (unpaired) electrons. The number of aliphatic hydroxyl groups is 1. The van der Waals surface area contributed by atoms with Crippen molar-refractivity contribution in [3.63, 3.8) is 0 Å². The lowest BCUT2D eigenvalue weighted by molar-refractivity contribution is -0.188. The Balaban J connectivity index is 2.06. The van der Waals surface area contributed by atoms with Crippen molar-refractivity contribution in [1.82, 2.24) is 0 Å². The van der Waals surface area contributed by atoms with Crippen molar-refractivity contribution in [2.75, 3.05) is 26.4 Å². The Morgan fingerprint density at radius 3 is 2.48 bits per heavy atom. The first-order chi connectivity index (χ1) is 14.4. The number of allylic oxidation sites excluding steroid dienone is 1. The first kappa shape index (κ1) is 26.6. The zero-order valence-electron chi connectivity index (χ0n) is 19.1. The molecule has 0 aromatic rings. The van der Waals surface area contributed by atoms with Crippen molar-refractivity contribution < 1.29 is 19.3 Å². The molecule has 0 aromatic heterocycles. The Kier molecular flexibility index (Phi) is 19.1. The fraction of sp³-hybridized carbons (Fsp3) is 0.920. The van der Waals surface area contributed by atoms with Crippen molar-refractivity contribution in [2.24, 2.45) is 0 Å². The van der Waals surface area contributed by atoms with Gasteiger partial charge in [-0.2, -0.15) is 0 Å². The predicted molar refractivity (Wildman–Crippen MR) is 121 cm³/mol. The molecule has 1 aliphatic rings. The second kappa shape index (κ2) is 20.8. The molecule has 29 heavy (non-hydrogen) atoms. The van der Waals surface area contributed by atoms with Crippen LogP contribution >= 0.6 is 0 Å². The van der Waals surface area contributed by atoms with Gasteiger partial charge in [0.2, 0.25) is 0 Å². The molecule has 4 heteroatoms. The normalized spacial score (nSPS) is 18.5. The van der Waals surface area contributed by atoms with Gasteiger partial charge in [-0.1, -0.05) is 70.4 Å². The average Bonchev–Trinajstić information content (AvgIpc) is 2.75. The van der Waals surface area contributed by atoms with E-state index in [9.17, 15) is 0 Å². The fourth-order valence-corrected chi connectivity index (χ4v) is 3.78. The van der Waals surface area contributed by atoms with Gasteiger partial charge in [-0.3, -0.25) is 0 Å². The van der Waals surface area contributed by atoms with E-state index in [1.54, 1.807) is 0 Å². The van der Waals surface area contributed by atoms with Gasteiger partial charge in [-0.05, 0) is 51.4 Å². The van der Waals surface area contributed by atoms with Gasteiger partial charge in [0.15, 0.2) is 6.29 Å². The Bertz CT molecular complexity index is 353. The Labute approximate surface area is 180 Å². The van der Waals surface area contributed by atoms with Crippen molar-refractivity contribution in [3.05, 3.63) is 12.2 Å². The standard InChI is InChI=1S/C25H48O4/c1-2-3-4-12-17-24(29-25-19-14-16-22-28-25)18-13-10-8-6-5-7-9-11-15-21-27-23-20-26/h10,13,24-26H,2-9,11-12,14-23H2,1H3/b13-10-/t24-,25?/m1/s1. The van der Waals surface area contributed by atoms with Crippen molar-refractivity contribution in [3.8, 4) is 0 Å². The average molecular weight is 413 g/mol. The highest BCUT2D eigenvalue weighted by Crippen LogP contribution is 2.20. The minimum Gasteiger partial charge on any atom is -0.394 e. The predicted octanol–water partition coefficient (Wildman–Crippen LogP) is 6.55. The second-order valence-electron chi connectivity index (χ2n) is 8.36. The first-order valence-corrected chi connectivity index (χ1v) is 12.5. The molecule has 0 spiro atoms. The van der Waals surface area contributed by atoms with E-state index in [1.165, 1.54) is 77.0 Å². The van der Waals surface area contributed by atoms with Gasteiger partial charge in [-0.25, -0.2) is 0 Å². The number of ether oxygens (including phenoxy) is 3. The highest BCUT2D eigenvalue weighted by atomic mass is 16.7. The molecule has 1 rings (SSSR count). The summed E-state index contributed by atoms with van der Waals surface area (Å²) in [6.07, 6.45) is 24.6. The highest BCUT2D eigenvalue weighted by molar-refractivity contribution is 4.85. The summed E-state index contributed by atoms with van der Waals surface area (Å²) in [5, 5.41) is 8.65. The number of rotatable bonds is 20.